The maximum atomic E-state index is 11.9. The van der Waals surface area contributed by atoms with Crippen molar-refractivity contribution in [2.75, 3.05) is 16.8 Å². The summed E-state index contributed by atoms with van der Waals surface area (Å²) in [4.78, 5) is 24.4. The Morgan fingerprint density at radius 3 is 2.54 bits per heavy atom. The molecule has 1 fully saturated rings. The van der Waals surface area contributed by atoms with Crippen LogP contribution in [-0.2, 0) is 4.79 Å². The van der Waals surface area contributed by atoms with E-state index in [0.29, 0.717) is 22.8 Å². The van der Waals surface area contributed by atoms with Crippen molar-refractivity contribution in [3.63, 3.8) is 0 Å². The van der Waals surface area contributed by atoms with Crippen molar-refractivity contribution in [3.05, 3.63) is 57.6 Å². The first-order valence-electron chi connectivity index (χ1n) is 7.66. The van der Waals surface area contributed by atoms with Crippen LogP contribution in [0.25, 0.3) is 0 Å². The third-order valence-electron chi connectivity index (χ3n) is 3.94. The topological polar surface area (TPSA) is 75.5 Å². The number of hydrogen-bond acceptors (Lipinski definition) is 4. The lowest BCUT2D eigenvalue weighted by atomic mass is 10.1. The van der Waals surface area contributed by atoms with E-state index in [2.05, 4.69) is 5.32 Å². The van der Waals surface area contributed by atoms with Crippen LogP contribution in [0.2, 0.25) is 5.02 Å². The minimum Gasteiger partial charge on any atom is -0.350 e. The Labute approximate surface area is 144 Å². The Hall–Kier alpha value is -2.60. The molecular formula is C17H16ClN3O3. The molecule has 2 aromatic carbocycles. The molecule has 6 nitrogen and oxygen atoms in total. The second-order valence-electron chi connectivity index (χ2n) is 5.59. The second kappa shape index (κ2) is 6.88. The van der Waals surface area contributed by atoms with Crippen LogP contribution in [0.3, 0.4) is 0 Å². The van der Waals surface area contributed by atoms with Gasteiger partial charge in [0.1, 0.15) is 5.69 Å². The van der Waals surface area contributed by atoms with E-state index in [-0.39, 0.29) is 11.6 Å². The molecule has 0 saturated carbocycles. The third kappa shape index (κ3) is 3.49. The van der Waals surface area contributed by atoms with Crippen molar-refractivity contribution in [2.45, 2.75) is 19.3 Å². The highest BCUT2D eigenvalue weighted by molar-refractivity contribution is 6.31. The van der Waals surface area contributed by atoms with Gasteiger partial charge in [-0.3, -0.25) is 14.9 Å². The molecule has 1 heterocycles. The average molecular weight is 346 g/mol. The molecule has 0 spiro atoms. The quantitative estimate of drug-likeness (QED) is 0.653. The van der Waals surface area contributed by atoms with Gasteiger partial charge < -0.3 is 10.2 Å². The van der Waals surface area contributed by atoms with Crippen LogP contribution >= 0.6 is 11.6 Å². The number of nitrogens with zero attached hydrogens (tertiary/aromatic N) is 2. The fourth-order valence-electron chi connectivity index (χ4n) is 2.73. The maximum absolute atomic E-state index is 11.9. The highest BCUT2D eigenvalue weighted by Gasteiger charge is 2.19. The predicted molar refractivity (Wildman–Crippen MR) is 94.0 cm³/mol. The van der Waals surface area contributed by atoms with Crippen LogP contribution in [0.15, 0.2) is 42.5 Å². The van der Waals surface area contributed by atoms with Gasteiger partial charge in [-0.1, -0.05) is 11.6 Å². The standard InChI is InChI=1S/C17H16ClN3O3/c18-12-4-9-16(21(23)24)15(11-12)19-13-5-7-14(8-6-13)20-10-2-1-3-17(20)22/h4-9,11,19H,1-3,10H2. The van der Waals surface area contributed by atoms with Gasteiger partial charge in [0.25, 0.3) is 5.69 Å². The summed E-state index contributed by atoms with van der Waals surface area (Å²) in [6.07, 6.45) is 2.52. The molecule has 24 heavy (non-hydrogen) atoms. The van der Waals surface area contributed by atoms with Gasteiger partial charge in [-0.15, -0.1) is 0 Å². The number of carbonyl (C=O) groups is 1. The van der Waals surface area contributed by atoms with Gasteiger partial charge in [0.2, 0.25) is 5.91 Å². The number of benzene rings is 2. The fourth-order valence-corrected chi connectivity index (χ4v) is 2.90. The highest BCUT2D eigenvalue weighted by atomic mass is 35.5. The molecule has 0 radical (unpaired) electrons. The molecule has 0 aliphatic carbocycles. The first-order valence-corrected chi connectivity index (χ1v) is 8.04. The summed E-state index contributed by atoms with van der Waals surface area (Å²) in [5.74, 6) is 0.132. The van der Waals surface area contributed by atoms with Crippen LogP contribution in [0, 0.1) is 10.1 Å². The SMILES string of the molecule is O=C1CCCCN1c1ccc(Nc2cc(Cl)ccc2[N+](=O)[O-])cc1. The number of carbonyl (C=O) groups excluding carboxylic acids is 1. The number of nitro groups is 1. The van der Waals surface area contributed by atoms with E-state index >= 15 is 0 Å². The number of anilines is 3. The summed E-state index contributed by atoms with van der Waals surface area (Å²) < 4.78 is 0. The van der Waals surface area contributed by atoms with Crippen molar-refractivity contribution in [3.8, 4) is 0 Å². The smallest absolute Gasteiger partial charge is 0.292 e. The van der Waals surface area contributed by atoms with Gasteiger partial charge in [0, 0.05) is 35.4 Å². The van der Waals surface area contributed by atoms with E-state index in [4.69, 9.17) is 11.6 Å². The minimum atomic E-state index is -0.459. The highest BCUT2D eigenvalue weighted by Crippen LogP contribution is 2.31. The van der Waals surface area contributed by atoms with Crippen molar-refractivity contribution in [1.29, 1.82) is 0 Å². The molecule has 1 saturated heterocycles. The van der Waals surface area contributed by atoms with E-state index in [1.54, 1.807) is 17.0 Å². The Balaban J connectivity index is 1.81. The molecule has 3 rings (SSSR count). The Morgan fingerprint density at radius 1 is 1.12 bits per heavy atom. The zero-order chi connectivity index (χ0) is 17.1. The lowest BCUT2D eigenvalue weighted by Crippen LogP contribution is -2.35. The minimum absolute atomic E-state index is 0.0466. The molecule has 0 unspecified atom stereocenters. The van der Waals surface area contributed by atoms with E-state index in [1.807, 2.05) is 12.1 Å². The normalized spacial score (nSPS) is 14.5. The second-order valence-corrected chi connectivity index (χ2v) is 6.03. The summed E-state index contributed by atoms with van der Waals surface area (Å²) >= 11 is 5.92. The molecule has 124 valence electrons. The van der Waals surface area contributed by atoms with Crippen LogP contribution in [0.4, 0.5) is 22.7 Å². The zero-order valence-electron chi connectivity index (χ0n) is 12.9. The lowest BCUT2D eigenvalue weighted by Gasteiger charge is -2.26. The van der Waals surface area contributed by atoms with Gasteiger partial charge in [0.15, 0.2) is 0 Å². The fraction of sp³-hybridized carbons (Fsp3) is 0.235. The van der Waals surface area contributed by atoms with E-state index in [1.165, 1.54) is 18.2 Å². The van der Waals surface area contributed by atoms with Crippen molar-refractivity contribution in [1.82, 2.24) is 0 Å². The summed E-state index contributed by atoms with van der Waals surface area (Å²) in [5, 5.41) is 14.5. The number of nitrogens with one attached hydrogen (secondary N) is 1. The summed E-state index contributed by atoms with van der Waals surface area (Å²) in [7, 11) is 0. The van der Waals surface area contributed by atoms with E-state index in [9.17, 15) is 14.9 Å². The first-order chi connectivity index (χ1) is 11.5. The Kier molecular flexibility index (Phi) is 4.66. The number of nitro benzene ring substituents is 1. The predicted octanol–water partition coefficient (Wildman–Crippen LogP) is 4.51. The molecule has 0 bridgehead atoms. The van der Waals surface area contributed by atoms with Gasteiger partial charge >= 0.3 is 0 Å². The van der Waals surface area contributed by atoms with Crippen LogP contribution in [0.5, 0.6) is 0 Å². The monoisotopic (exact) mass is 345 g/mol. The zero-order valence-corrected chi connectivity index (χ0v) is 13.6. The average Bonchev–Trinajstić information content (AvgIpc) is 2.56. The first kappa shape index (κ1) is 16.3. The van der Waals surface area contributed by atoms with Gasteiger partial charge in [0.05, 0.1) is 4.92 Å². The molecular weight excluding hydrogens is 330 g/mol. The van der Waals surface area contributed by atoms with Crippen molar-refractivity contribution < 1.29 is 9.72 Å². The summed E-state index contributed by atoms with van der Waals surface area (Å²) in [6, 6.07) is 11.6. The Morgan fingerprint density at radius 2 is 1.88 bits per heavy atom. The maximum Gasteiger partial charge on any atom is 0.292 e. The molecule has 7 heteroatoms. The number of hydrogen-bond donors (Lipinski definition) is 1. The van der Waals surface area contributed by atoms with E-state index in [0.717, 1.165) is 25.1 Å². The summed E-state index contributed by atoms with van der Waals surface area (Å²) in [5.41, 5.74) is 1.81. The Bertz CT molecular complexity index is 777. The molecule has 0 atom stereocenters. The number of halogens is 1. The van der Waals surface area contributed by atoms with Crippen LogP contribution in [-0.4, -0.2) is 17.4 Å². The molecule has 1 aliphatic heterocycles. The lowest BCUT2D eigenvalue weighted by molar-refractivity contribution is -0.383. The molecule has 1 amide bonds. The van der Waals surface area contributed by atoms with Gasteiger partial charge in [-0.05, 0) is 49.2 Å². The third-order valence-corrected chi connectivity index (χ3v) is 4.17. The molecule has 1 N–H and O–H groups in total. The van der Waals surface area contributed by atoms with Crippen LogP contribution < -0.4 is 10.2 Å². The van der Waals surface area contributed by atoms with E-state index < -0.39 is 4.92 Å². The number of rotatable bonds is 4. The summed E-state index contributed by atoms with van der Waals surface area (Å²) in [6.45, 7) is 0.728. The van der Waals surface area contributed by atoms with Crippen LogP contribution in [0.1, 0.15) is 19.3 Å². The molecule has 2 aromatic rings. The number of amides is 1. The molecule has 0 aromatic heterocycles. The van der Waals surface area contributed by atoms with Crippen molar-refractivity contribution >= 4 is 40.3 Å². The molecule has 1 aliphatic rings. The van der Waals surface area contributed by atoms with Crippen molar-refractivity contribution in [2.24, 2.45) is 0 Å². The van der Waals surface area contributed by atoms with Gasteiger partial charge in [-0.2, -0.15) is 0 Å². The number of piperidine rings is 1. The largest absolute Gasteiger partial charge is 0.350 e. The van der Waals surface area contributed by atoms with Gasteiger partial charge in [-0.25, -0.2) is 0 Å².